The molecule has 0 saturated heterocycles. The Hall–Kier alpha value is -2.69. The smallest absolute Gasteiger partial charge is 0.255 e. The molecular formula is C19H23N3O2. The monoisotopic (exact) mass is 325 g/mol. The first-order chi connectivity index (χ1) is 11.7. The number of hydrogen-bond acceptors (Lipinski definition) is 3. The lowest BCUT2D eigenvalue weighted by atomic mass is 10.1. The molecule has 1 N–H and O–H groups in total. The lowest BCUT2D eigenvalue weighted by Gasteiger charge is -2.21. The Balaban J connectivity index is 2.04. The maximum absolute atomic E-state index is 12.5. The van der Waals surface area contributed by atoms with Gasteiger partial charge in [0.05, 0.1) is 0 Å². The average molecular weight is 325 g/mol. The summed E-state index contributed by atoms with van der Waals surface area (Å²) in [5.41, 5.74) is 1.84. The van der Waals surface area contributed by atoms with E-state index in [1.54, 1.807) is 48.8 Å². The molecule has 1 aromatic carbocycles. The summed E-state index contributed by atoms with van der Waals surface area (Å²) in [6.45, 7) is 5.64. The third-order valence-corrected chi connectivity index (χ3v) is 3.61. The van der Waals surface area contributed by atoms with Crippen molar-refractivity contribution < 1.29 is 9.59 Å². The minimum absolute atomic E-state index is 0.0331. The zero-order valence-corrected chi connectivity index (χ0v) is 14.2. The number of benzene rings is 1. The number of nitrogens with zero attached hydrogens (tertiary/aromatic N) is 2. The number of anilines is 1. The molecule has 0 fully saturated rings. The first-order valence-corrected chi connectivity index (χ1v) is 8.26. The zero-order chi connectivity index (χ0) is 17.4. The molecule has 0 aliphatic carbocycles. The number of pyridine rings is 1. The van der Waals surface area contributed by atoms with E-state index in [9.17, 15) is 9.59 Å². The van der Waals surface area contributed by atoms with Crippen molar-refractivity contribution in [3.8, 4) is 0 Å². The SMILES string of the molecule is CCCN(CCC)C(=O)c1ccc(NC(=O)c2ccncc2)cc1. The van der Waals surface area contributed by atoms with Crippen molar-refractivity contribution in [2.75, 3.05) is 18.4 Å². The summed E-state index contributed by atoms with van der Waals surface area (Å²) in [5, 5.41) is 2.81. The minimum Gasteiger partial charge on any atom is -0.339 e. The van der Waals surface area contributed by atoms with Crippen LogP contribution in [0.25, 0.3) is 0 Å². The van der Waals surface area contributed by atoms with Crippen LogP contribution in [0.3, 0.4) is 0 Å². The summed E-state index contributed by atoms with van der Waals surface area (Å²) in [7, 11) is 0. The number of hydrogen-bond donors (Lipinski definition) is 1. The van der Waals surface area contributed by atoms with E-state index in [4.69, 9.17) is 0 Å². The van der Waals surface area contributed by atoms with Gasteiger partial charge in [-0.15, -0.1) is 0 Å². The Morgan fingerprint density at radius 3 is 2.04 bits per heavy atom. The van der Waals surface area contributed by atoms with Gasteiger partial charge in [0.15, 0.2) is 0 Å². The standard InChI is InChI=1S/C19H23N3O2/c1-3-13-22(14-4-2)19(24)16-5-7-17(8-6-16)21-18(23)15-9-11-20-12-10-15/h5-12H,3-4,13-14H2,1-2H3,(H,21,23). The topological polar surface area (TPSA) is 62.3 Å². The second-order valence-corrected chi connectivity index (χ2v) is 5.56. The molecule has 24 heavy (non-hydrogen) atoms. The number of carbonyl (C=O) groups is 2. The van der Waals surface area contributed by atoms with E-state index in [2.05, 4.69) is 24.1 Å². The summed E-state index contributed by atoms with van der Waals surface area (Å²) >= 11 is 0. The molecule has 1 heterocycles. The summed E-state index contributed by atoms with van der Waals surface area (Å²) in [4.78, 5) is 30.4. The third kappa shape index (κ3) is 4.65. The van der Waals surface area contributed by atoms with Crippen LogP contribution in [0.1, 0.15) is 47.4 Å². The van der Waals surface area contributed by atoms with Crippen LogP contribution in [0.15, 0.2) is 48.8 Å². The fourth-order valence-corrected chi connectivity index (χ4v) is 2.44. The Kier molecular flexibility index (Phi) is 6.49. The molecule has 0 bridgehead atoms. The molecule has 0 atom stereocenters. The Morgan fingerprint density at radius 1 is 0.917 bits per heavy atom. The molecule has 2 aromatic rings. The van der Waals surface area contributed by atoms with Gasteiger partial charge in [-0.2, -0.15) is 0 Å². The van der Waals surface area contributed by atoms with Crippen molar-refractivity contribution >= 4 is 17.5 Å². The van der Waals surface area contributed by atoms with Gasteiger partial charge in [0.1, 0.15) is 0 Å². The zero-order valence-electron chi connectivity index (χ0n) is 14.2. The summed E-state index contributed by atoms with van der Waals surface area (Å²) in [6, 6.07) is 10.3. The van der Waals surface area contributed by atoms with E-state index in [1.807, 2.05) is 4.90 Å². The van der Waals surface area contributed by atoms with Gasteiger partial charge in [-0.1, -0.05) is 13.8 Å². The Labute approximate surface area is 142 Å². The van der Waals surface area contributed by atoms with Gasteiger partial charge in [0.2, 0.25) is 0 Å². The van der Waals surface area contributed by atoms with Gasteiger partial charge in [0, 0.05) is 42.3 Å². The lowest BCUT2D eigenvalue weighted by molar-refractivity contribution is 0.0755. The van der Waals surface area contributed by atoms with E-state index in [1.165, 1.54) is 0 Å². The fraction of sp³-hybridized carbons (Fsp3) is 0.316. The molecule has 0 radical (unpaired) electrons. The maximum atomic E-state index is 12.5. The van der Waals surface area contributed by atoms with E-state index in [0.29, 0.717) is 16.8 Å². The Morgan fingerprint density at radius 2 is 1.50 bits per heavy atom. The highest BCUT2D eigenvalue weighted by atomic mass is 16.2. The lowest BCUT2D eigenvalue weighted by Crippen LogP contribution is -2.32. The number of carbonyl (C=O) groups excluding carboxylic acids is 2. The minimum atomic E-state index is -0.199. The molecule has 5 heteroatoms. The van der Waals surface area contributed by atoms with Crippen LogP contribution in [0.5, 0.6) is 0 Å². The highest BCUT2D eigenvalue weighted by molar-refractivity contribution is 6.04. The van der Waals surface area contributed by atoms with Gasteiger partial charge in [0.25, 0.3) is 11.8 Å². The first-order valence-electron chi connectivity index (χ1n) is 8.26. The van der Waals surface area contributed by atoms with E-state index >= 15 is 0 Å². The van der Waals surface area contributed by atoms with Gasteiger partial charge >= 0.3 is 0 Å². The number of nitrogens with one attached hydrogen (secondary N) is 1. The normalized spacial score (nSPS) is 10.2. The van der Waals surface area contributed by atoms with Gasteiger partial charge in [-0.25, -0.2) is 0 Å². The molecule has 2 rings (SSSR count). The second-order valence-electron chi connectivity index (χ2n) is 5.56. The molecule has 2 amide bonds. The molecule has 5 nitrogen and oxygen atoms in total. The molecule has 0 saturated carbocycles. The second kappa shape index (κ2) is 8.82. The molecule has 0 aliphatic rings. The molecular weight excluding hydrogens is 302 g/mol. The van der Waals surface area contributed by atoms with Crippen molar-refractivity contribution in [1.29, 1.82) is 0 Å². The molecule has 126 valence electrons. The highest BCUT2D eigenvalue weighted by Crippen LogP contribution is 2.13. The molecule has 0 unspecified atom stereocenters. The van der Waals surface area contributed by atoms with Crippen LogP contribution < -0.4 is 5.32 Å². The third-order valence-electron chi connectivity index (χ3n) is 3.61. The highest BCUT2D eigenvalue weighted by Gasteiger charge is 2.14. The molecule has 1 aromatic heterocycles. The van der Waals surface area contributed by atoms with Crippen LogP contribution in [0.2, 0.25) is 0 Å². The van der Waals surface area contributed by atoms with Crippen LogP contribution in [-0.4, -0.2) is 34.8 Å². The predicted octanol–water partition coefficient (Wildman–Crippen LogP) is 3.60. The van der Waals surface area contributed by atoms with Crippen molar-refractivity contribution in [3.05, 3.63) is 59.9 Å². The van der Waals surface area contributed by atoms with E-state index in [0.717, 1.165) is 25.9 Å². The largest absolute Gasteiger partial charge is 0.339 e. The average Bonchev–Trinajstić information content (AvgIpc) is 2.62. The molecule has 0 spiro atoms. The van der Waals surface area contributed by atoms with E-state index < -0.39 is 0 Å². The van der Waals surface area contributed by atoms with Crippen molar-refractivity contribution in [2.45, 2.75) is 26.7 Å². The predicted molar refractivity (Wildman–Crippen MR) is 95.1 cm³/mol. The summed E-state index contributed by atoms with van der Waals surface area (Å²) in [6.07, 6.45) is 5.02. The molecule has 0 aliphatic heterocycles. The van der Waals surface area contributed by atoms with Crippen molar-refractivity contribution in [2.24, 2.45) is 0 Å². The summed E-state index contributed by atoms with van der Waals surface area (Å²) in [5.74, 6) is -0.166. The van der Waals surface area contributed by atoms with Crippen LogP contribution >= 0.6 is 0 Å². The van der Waals surface area contributed by atoms with Gasteiger partial charge in [-0.3, -0.25) is 14.6 Å². The summed E-state index contributed by atoms with van der Waals surface area (Å²) < 4.78 is 0. The maximum Gasteiger partial charge on any atom is 0.255 e. The number of aromatic nitrogens is 1. The van der Waals surface area contributed by atoms with E-state index in [-0.39, 0.29) is 11.8 Å². The fourth-order valence-electron chi connectivity index (χ4n) is 2.44. The van der Waals surface area contributed by atoms with Crippen LogP contribution in [-0.2, 0) is 0 Å². The van der Waals surface area contributed by atoms with Gasteiger partial charge < -0.3 is 10.2 Å². The van der Waals surface area contributed by atoms with Crippen molar-refractivity contribution in [1.82, 2.24) is 9.88 Å². The van der Waals surface area contributed by atoms with Crippen LogP contribution in [0.4, 0.5) is 5.69 Å². The first kappa shape index (κ1) is 17.7. The quantitative estimate of drug-likeness (QED) is 0.846. The Bertz CT molecular complexity index is 663. The number of rotatable bonds is 7. The van der Waals surface area contributed by atoms with Crippen LogP contribution in [0, 0.1) is 0 Å². The number of amides is 2. The van der Waals surface area contributed by atoms with Gasteiger partial charge in [-0.05, 0) is 49.2 Å². The van der Waals surface area contributed by atoms with Crippen molar-refractivity contribution in [3.63, 3.8) is 0 Å².